The topological polar surface area (TPSA) is 136 Å². The lowest BCUT2D eigenvalue weighted by Crippen LogP contribution is -2.36. The van der Waals surface area contributed by atoms with E-state index >= 15 is 0 Å². The Morgan fingerprint density at radius 3 is 2.61 bits per heavy atom. The summed E-state index contributed by atoms with van der Waals surface area (Å²) in [4.78, 5) is 18.5. The van der Waals surface area contributed by atoms with Crippen molar-refractivity contribution >= 4 is 33.3 Å². The molecule has 0 radical (unpaired) electrons. The molecule has 3 aromatic heterocycles. The lowest BCUT2D eigenvalue weighted by Gasteiger charge is -2.25. The van der Waals surface area contributed by atoms with Gasteiger partial charge in [0.25, 0.3) is 0 Å². The van der Waals surface area contributed by atoms with E-state index in [2.05, 4.69) is 15.6 Å². The summed E-state index contributed by atoms with van der Waals surface area (Å²) in [6, 6.07) is 1.84. The van der Waals surface area contributed by atoms with Crippen LogP contribution in [-0.4, -0.2) is 66.2 Å². The summed E-state index contributed by atoms with van der Waals surface area (Å²) < 4.78 is 1.02. The Hall–Kier alpha value is -2.40. The van der Waals surface area contributed by atoms with E-state index in [1.54, 1.807) is 23.7 Å². The molecule has 0 bridgehead atoms. The van der Waals surface area contributed by atoms with E-state index in [0.29, 0.717) is 24.2 Å². The van der Waals surface area contributed by atoms with Crippen LogP contribution in [0.3, 0.4) is 0 Å². The van der Waals surface area contributed by atoms with E-state index in [4.69, 9.17) is 15.0 Å². The minimum absolute atomic E-state index is 0.175. The molecule has 2 saturated carbocycles. The Morgan fingerprint density at radius 1 is 1.06 bits per heavy atom. The molecule has 0 saturated heterocycles. The van der Waals surface area contributed by atoms with Gasteiger partial charge in [0.05, 0.1) is 34.3 Å². The molecule has 5 N–H and O–H groups in total. The smallest absolute Gasteiger partial charge is 0.225 e. The van der Waals surface area contributed by atoms with Gasteiger partial charge in [0.2, 0.25) is 5.95 Å². The maximum absolute atomic E-state index is 10.6. The number of pyridine rings is 1. The number of fused-ring (bicyclic) bond motifs is 1. The molecule has 33 heavy (non-hydrogen) atoms. The van der Waals surface area contributed by atoms with E-state index in [1.807, 2.05) is 13.0 Å². The number of nitrogens with zero attached hydrogens (tertiary/aromatic N) is 4. The first kappa shape index (κ1) is 22.4. The van der Waals surface area contributed by atoms with Crippen LogP contribution in [0.25, 0.3) is 20.8 Å². The standard InChI is InChI=1S/C23H30N6O3S/c1-12-18(22-28-16-10-24-8-7-17(16)33-22)21(27-15-9-13(11-30)19(31)20(15)32)29-23(25-12)26-14-5-3-2-4-6-14/h7-8,10,13-15,19-20,30-32H,2-6,9,11H2,1H3,(H2,25,26,27,29)/t13-,15-,19-,20+/m1/s1. The van der Waals surface area contributed by atoms with Gasteiger partial charge in [0.1, 0.15) is 22.4 Å². The Labute approximate surface area is 196 Å². The van der Waals surface area contributed by atoms with E-state index in [9.17, 15) is 15.3 Å². The van der Waals surface area contributed by atoms with Gasteiger partial charge < -0.3 is 26.0 Å². The van der Waals surface area contributed by atoms with Crippen LogP contribution in [0.2, 0.25) is 0 Å². The van der Waals surface area contributed by atoms with E-state index in [1.165, 1.54) is 19.3 Å². The molecule has 2 aliphatic rings. The number of aliphatic hydroxyl groups excluding tert-OH is 3. The molecule has 4 atom stereocenters. The highest BCUT2D eigenvalue weighted by atomic mass is 32.1. The highest BCUT2D eigenvalue weighted by Crippen LogP contribution is 2.38. The third kappa shape index (κ3) is 4.52. The predicted molar refractivity (Wildman–Crippen MR) is 128 cm³/mol. The molecular weight excluding hydrogens is 440 g/mol. The van der Waals surface area contributed by atoms with Crippen LogP contribution in [0.15, 0.2) is 18.5 Å². The van der Waals surface area contributed by atoms with Crippen LogP contribution in [0.5, 0.6) is 0 Å². The average Bonchev–Trinajstić information content (AvgIpc) is 3.35. The summed E-state index contributed by atoms with van der Waals surface area (Å²) in [7, 11) is 0. The molecule has 0 unspecified atom stereocenters. The van der Waals surface area contributed by atoms with Crippen LogP contribution < -0.4 is 10.6 Å². The van der Waals surface area contributed by atoms with Crippen molar-refractivity contribution < 1.29 is 15.3 Å². The van der Waals surface area contributed by atoms with Gasteiger partial charge in [-0.2, -0.15) is 4.98 Å². The normalized spacial score (nSPS) is 26.1. The van der Waals surface area contributed by atoms with E-state index < -0.39 is 18.2 Å². The molecule has 2 aliphatic carbocycles. The number of aliphatic hydroxyl groups is 3. The van der Waals surface area contributed by atoms with Crippen molar-refractivity contribution in [3.05, 3.63) is 24.2 Å². The molecule has 9 nitrogen and oxygen atoms in total. The monoisotopic (exact) mass is 470 g/mol. The van der Waals surface area contributed by atoms with Crippen molar-refractivity contribution in [1.82, 2.24) is 19.9 Å². The molecule has 176 valence electrons. The second-order valence-corrected chi connectivity index (χ2v) is 10.1. The fourth-order valence-electron chi connectivity index (χ4n) is 4.94. The number of aromatic nitrogens is 4. The van der Waals surface area contributed by atoms with Crippen LogP contribution in [-0.2, 0) is 0 Å². The van der Waals surface area contributed by atoms with Gasteiger partial charge in [-0.25, -0.2) is 9.97 Å². The van der Waals surface area contributed by atoms with Crippen molar-refractivity contribution in [2.75, 3.05) is 17.2 Å². The summed E-state index contributed by atoms with van der Waals surface area (Å²) in [5.74, 6) is 0.750. The zero-order valence-corrected chi connectivity index (χ0v) is 19.4. The van der Waals surface area contributed by atoms with Crippen molar-refractivity contribution in [2.24, 2.45) is 5.92 Å². The minimum atomic E-state index is -1.00. The quantitative estimate of drug-likeness (QED) is 0.368. The lowest BCUT2D eigenvalue weighted by molar-refractivity contribution is 0.00446. The van der Waals surface area contributed by atoms with Gasteiger partial charge in [-0.1, -0.05) is 19.3 Å². The number of thiazole rings is 1. The lowest BCUT2D eigenvalue weighted by atomic mass is 9.96. The fraction of sp³-hybridized carbons (Fsp3) is 0.565. The zero-order valence-electron chi connectivity index (χ0n) is 18.6. The van der Waals surface area contributed by atoms with Gasteiger partial charge in [0.15, 0.2) is 0 Å². The minimum Gasteiger partial charge on any atom is -0.396 e. The third-order valence-electron chi connectivity index (χ3n) is 6.79. The fourth-order valence-corrected chi connectivity index (χ4v) is 5.97. The van der Waals surface area contributed by atoms with Gasteiger partial charge in [-0.05, 0) is 32.3 Å². The summed E-state index contributed by atoms with van der Waals surface area (Å²) in [6.45, 7) is 1.76. The molecule has 3 heterocycles. The summed E-state index contributed by atoms with van der Waals surface area (Å²) in [5.41, 5.74) is 2.37. The summed E-state index contributed by atoms with van der Waals surface area (Å²) in [5, 5.41) is 38.1. The molecule has 0 aliphatic heterocycles. The molecule has 5 rings (SSSR count). The number of aryl methyl sites for hydroxylation is 1. The Morgan fingerprint density at radius 2 is 1.88 bits per heavy atom. The number of hydrogen-bond acceptors (Lipinski definition) is 10. The molecule has 0 aromatic carbocycles. The van der Waals surface area contributed by atoms with Crippen molar-refractivity contribution in [3.63, 3.8) is 0 Å². The number of hydrogen-bond donors (Lipinski definition) is 5. The molecular formula is C23H30N6O3S. The summed E-state index contributed by atoms with van der Waals surface area (Å²) in [6.07, 6.45) is 7.82. The number of anilines is 2. The Balaban J connectivity index is 1.52. The van der Waals surface area contributed by atoms with Crippen LogP contribution in [0.1, 0.15) is 44.2 Å². The Kier molecular flexibility index (Phi) is 6.42. The van der Waals surface area contributed by atoms with E-state index in [0.717, 1.165) is 39.3 Å². The molecule has 10 heteroatoms. The number of rotatable bonds is 6. The van der Waals surface area contributed by atoms with Gasteiger partial charge in [-0.3, -0.25) is 4.98 Å². The second-order valence-electron chi connectivity index (χ2n) is 9.11. The van der Waals surface area contributed by atoms with Gasteiger partial charge in [-0.15, -0.1) is 11.3 Å². The van der Waals surface area contributed by atoms with Crippen molar-refractivity contribution in [3.8, 4) is 10.6 Å². The maximum atomic E-state index is 10.6. The maximum Gasteiger partial charge on any atom is 0.225 e. The van der Waals surface area contributed by atoms with Crippen LogP contribution >= 0.6 is 11.3 Å². The van der Waals surface area contributed by atoms with Crippen LogP contribution in [0, 0.1) is 12.8 Å². The highest BCUT2D eigenvalue weighted by molar-refractivity contribution is 7.21. The largest absolute Gasteiger partial charge is 0.396 e. The SMILES string of the molecule is Cc1nc(NC2CCCCC2)nc(N[C@@H]2C[C@H](CO)[C@@H](O)[C@H]2O)c1-c1nc2cnccc2s1. The zero-order chi connectivity index (χ0) is 22.9. The van der Waals surface area contributed by atoms with E-state index in [-0.39, 0.29) is 12.5 Å². The predicted octanol–water partition coefficient (Wildman–Crippen LogP) is 2.72. The molecule has 3 aromatic rings. The molecule has 0 amide bonds. The first-order chi connectivity index (χ1) is 16.0. The highest BCUT2D eigenvalue weighted by Gasteiger charge is 2.41. The third-order valence-corrected chi connectivity index (χ3v) is 7.84. The van der Waals surface area contributed by atoms with Crippen molar-refractivity contribution in [1.29, 1.82) is 0 Å². The number of nitrogens with one attached hydrogen (secondary N) is 2. The summed E-state index contributed by atoms with van der Waals surface area (Å²) >= 11 is 1.54. The van der Waals surface area contributed by atoms with Crippen molar-refractivity contribution in [2.45, 2.75) is 69.7 Å². The van der Waals surface area contributed by atoms with Gasteiger partial charge in [0, 0.05) is 24.8 Å². The van der Waals surface area contributed by atoms with Gasteiger partial charge >= 0.3 is 0 Å². The average molecular weight is 471 g/mol. The first-order valence-electron chi connectivity index (χ1n) is 11.6. The second kappa shape index (κ2) is 9.46. The first-order valence-corrected chi connectivity index (χ1v) is 12.4. The molecule has 2 fully saturated rings. The Bertz CT molecular complexity index is 1090. The molecule has 0 spiro atoms. The van der Waals surface area contributed by atoms with Crippen LogP contribution in [0.4, 0.5) is 11.8 Å².